The van der Waals surface area contributed by atoms with E-state index < -0.39 is 0 Å². The number of esters is 1. The maximum atomic E-state index is 11.1. The van der Waals surface area contributed by atoms with Gasteiger partial charge in [0.2, 0.25) is 0 Å². The molecule has 88 valence electrons. The second-order valence-electron chi connectivity index (χ2n) is 3.23. The standard InChI is InChI=1S/C11H9BrN2O2S/c1-16-9(15)5-7-6-17-11(14-7)10-8(12)3-2-4-13-10/h2-4,6H,5H2,1H3. The topological polar surface area (TPSA) is 52.1 Å². The second-order valence-corrected chi connectivity index (χ2v) is 4.94. The van der Waals surface area contributed by atoms with Crippen molar-refractivity contribution in [3.05, 3.63) is 33.9 Å². The number of thiazole rings is 1. The monoisotopic (exact) mass is 312 g/mol. The predicted molar refractivity (Wildman–Crippen MR) is 68.8 cm³/mol. The van der Waals surface area contributed by atoms with E-state index in [1.807, 2.05) is 17.5 Å². The average Bonchev–Trinajstić information content (AvgIpc) is 2.78. The summed E-state index contributed by atoms with van der Waals surface area (Å²) >= 11 is 4.88. The van der Waals surface area contributed by atoms with Crippen molar-refractivity contribution in [1.29, 1.82) is 0 Å². The quantitative estimate of drug-likeness (QED) is 0.818. The van der Waals surface area contributed by atoms with Gasteiger partial charge in [0.05, 0.1) is 19.2 Å². The lowest BCUT2D eigenvalue weighted by molar-refractivity contribution is -0.139. The molecule has 0 saturated heterocycles. The van der Waals surface area contributed by atoms with Gasteiger partial charge in [-0.3, -0.25) is 9.78 Å². The highest BCUT2D eigenvalue weighted by atomic mass is 79.9. The summed E-state index contributed by atoms with van der Waals surface area (Å²) in [4.78, 5) is 19.7. The van der Waals surface area contributed by atoms with Crippen LogP contribution < -0.4 is 0 Å². The van der Waals surface area contributed by atoms with E-state index in [2.05, 4.69) is 30.6 Å². The molecule has 0 fully saturated rings. The molecule has 0 atom stereocenters. The highest BCUT2D eigenvalue weighted by Gasteiger charge is 2.11. The molecule has 17 heavy (non-hydrogen) atoms. The van der Waals surface area contributed by atoms with E-state index in [9.17, 15) is 4.79 Å². The first-order valence-corrected chi connectivity index (χ1v) is 6.50. The number of hydrogen-bond donors (Lipinski definition) is 0. The Hall–Kier alpha value is -1.27. The van der Waals surface area contributed by atoms with E-state index in [1.165, 1.54) is 18.4 Å². The predicted octanol–water partition coefficient (Wildman–Crippen LogP) is 2.68. The molecule has 2 aromatic rings. The van der Waals surface area contributed by atoms with Gasteiger partial charge in [-0.25, -0.2) is 4.98 Å². The van der Waals surface area contributed by atoms with Gasteiger partial charge >= 0.3 is 5.97 Å². The Balaban J connectivity index is 2.24. The summed E-state index contributed by atoms with van der Waals surface area (Å²) in [6, 6.07) is 3.75. The lowest BCUT2D eigenvalue weighted by Crippen LogP contribution is -2.04. The van der Waals surface area contributed by atoms with Crippen LogP contribution in [-0.4, -0.2) is 23.0 Å². The van der Waals surface area contributed by atoms with E-state index in [0.717, 1.165) is 15.2 Å². The van der Waals surface area contributed by atoms with E-state index in [1.54, 1.807) is 6.20 Å². The first kappa shape index (κ1) is 12.2. The Morgan fingerprint density at radius 2 is 2.41 bits per heavy atom. The minimum Gasteiger partial charge on any atom is -0.469 e. The zero-order valence-corrected chi connectivity index (χ0v) is 11.4. The summed E-state index contributed by atoms with van der Waals surface area (Å²) in [6.07, 6.45) is 1.90. The minimum atomic E-state index is -0.290. The van der Waals surface area contributed by atoms with Crippen LogP contribution in [0.2, 0.25) is 0 Å². The lowest BCUT2D eigenvalue weighted by Gasteiger charge is -1.97. The number of pyridine rings is 1. The Bertz CT molecular complexity index is 542. The molecular weight excluding hydrogens is 304 g/mol. The zero-order chi connectivity index (χ0) is 12.3. The smallest absolute Gasteiger partial charge is 0.311 e. The average molecular weight is 313 g/mol. The van der Waals surface area contributed by atoms with Crippen molar-refractivity contribution in [2.24, 2.45) is 0 Å². The van der Waals surface area contributed by atoms with Crippen molar-refractivity contribution in [2.45, 2.75) is 6.42 Å². The number of aromatic nitrogens is 2. The van der Waals surface area contributed by atoms with Gasteiger partial charge in [0, 0.05) is 16.0 Å². The molecule has 0 radical (unpaired) electrons. The summed E-state index contributed by atoms with van der Waals surface area (Å²) in [7, 11) is 1.37. The van der Waals surface area contributed by atoms with Crippen LogP contribution in [0.15, 0.2) is 28.2 Å². The third kappa shape index (κ3) is 2.89. The minimum absolute atomic E-state index is 0.192. The fraction of sp³-hybridized carbons (Fsp3) is 0.182. The second kappa shape index (κ2) is 5.37. The molecule has 0 spiro atoms. The van der Waals surface area contributed by atoms with Crippen LogP contribution >= 0.6 is 27.3 Å². The summed E-state index contributed by atoms with van der Waals surface area (Å²) in [6.45, 7) is 0. The van der Waals surface area contributed by atoms with Gasteiger partial charge in [0.1, 0.15) is 10.7 Å². The van der Waals surface area contributed by atoms with Crippen molar-refractivity contribution < 1.29 is 9.53 Å². The molecule has 0 aromatic carbocycles. The highest BCUT2D eigenvalue weighted by molar-refractivity contribution is 9.10. The lowest BCUT2D eigenvalue weighted by atomic mass is 10.3. The van der Waals surface area contributed by atoms with Crippen molar-refractivity contribution in [1.82, 2.24) is 9.97 Å². The fourth-order valence-electron chi connectivity index (χ4n) is 1.26. The first-order chi connectivity index (χ1) is 8.20. The van der Waals surface area contributed by atoms with E-state index in [-0.39, 0.29) is 12.4 Å². The molecule has 0 aliphatic rings. The van der Waals surface area contributed by atoms with Gasteiger partial charge in [-0.2, -0.15) is 0 Å². The molecular formula is C11H9BrN2O2S. The van der Waals surface area contributed by atoms with Crippen LogP contribution in [-0.2, 0) is 16.0 Å². The van der Waals surface area contributed by atoms with E-state index in [4.69, 9.17) is 0 Å². The largest absolute Gasteiger partial charge is 0.469 e. The Morgan fingerprint density at radius 3 is 3.12 bits per heavy atom. The normalized spacial score (nSPS) is 10.2. The van der Waals surface area contributed by atoms with Crippen LogP contribution in [0.3, 0.4) is 0 Å². The Morgan fingerprint density at radius 1 is 1.59 bits per heavy atom. The van der Waals surface area contributed by atoms with Gasteiger partial charge in [0.25, 0.3) is 0 Å². The molecule has 2 rings (SSSR count). The molecule has 2 aromatic heterocycles. The maximum absolute atomic E-state index is 11.1. The van der Waals surface area contributed by atoms with Gasteiger partial charge < -0.3 is 4.74 Å². The summed E-state index contributed by atoms with van der Waals surface area (Å²) in [5.74, 6) is -0.290. The number of rotatable bonds is 3. The SMILES string of the molecule is COC(=O)Cc1csc(-c2ncccc2Br)n1. The summed E-state index contributed by atoms with van der Waals surface area (Å²) in [5, 5.41) is 2.63. The van der Waals surface area contributed by atoms with Crippen molar-refractivity contribution in [3.8, 4) is 10.7 Å². The fourth-order valence-corrected chi connectivity index (χ4v) is 2.66. The van der Waals surface area contributed by atoms with Crippen LogP contribution in [0.5, 0.6) is 0 Å². The summed E-state index contributed by atoms with van der Waals surface area (Å²) < 4.78 is 5.48. The van der Waals surface area contributed by atoms with Crippen LogP contribution in [0.1, 0.15) is 5.69 Å². The number of carbonyl (C=O) groups excluding carboxylic acids is 1. The highest BCUT2D eigenvalue weighted by Crippen LogP contribution is 2.28. The number of nitrogens with zero attached hydrogens (tertiary/aromatic N) is 2. The van der Waals surface area contributed by atoms with Gasteiger partial charge in [-0.15, -0.1) is 11.3 Å². The number of methoxy groups -OCH3 is 1. The maximum Gasteiger partial charge on any atom is 0.311 e. The number of carbonyl (C=O) groups is 1. The molecule has 0 amide bonds. The molecule has 0 aliphatic heterocycles. The molecule has 0 saturated carbocycles. The van der Waals surface area contributed by atoms with Crippen LogP contribution in [0.4, 0.5) is 0 Å². The van der Waals surface area contributed by atoms with E-state index >= 15 is 0 Å². The molecule has 4 nitrogen and oxygen atoms in total. The van der Waals surface area contributed by atoms with Crippen molar-refractivity contribution >= 4 is 33.2 Å². The number of halogens is 1. The molecule has 0 unspecified atom stereocenters. The number of ether oxygens (including phenoxy) is 1. The molecule has 6 heteroatoms. The molecule has 0 bridgehead atoms. The first-order valence-electron chi connectivity index (χ1n) is 4.83. The van der Waals surface area contributed by atoms with E-state index in [0.29, 0.717) is 5.69 Å². The van der Waals surface area contributed by atoms with Gasteiger partial charge in [0.15, 0.2) is 0 Å². The molecule has 0 aliphatic carbocycles. The van der Waals surface area contributed by atoms with Crippen molar-refractivity contribution in [2.75, 3.05) is 7.11 Å². The molecule has 2 heterocycles. The van der Waals surface area contributed by atoms with Gasteiger partial charge in [-0.1, -0.05) is 0 Å². The van der Waals surface area contributed by atoms with Crippen LogP contribution in [0.25, 0.3) is 10.7 Å². The summed E-state index contributed by atoms with van der Waals surface area (Å²) in [5.41, 5.74) is 1.49. The van der Waals surface area contributed by atoms with Crippen molar-refractivity contribution in [3.63, 3.8) is 0 Å². The third-order valence-corrected chi connectivity index (χ3v) is 3.60. The van der Waals surface area contributed by atoms with Crippen LogP contribution in [0, 0.1) is 0 Å². The third-order valence-electron chi connectivity index (χ3n) is 2.07. The zero-order valence-electron chi connectivity index (χ0n) is 9.01. The number of hydrogen-bond acceptors (Lipinski definition) is 5. The Kier molecular flexibility index (Phi) is 3.86. The Labute approximate surface area is 111 Å². The molecule has 0 N–H and O–H groups in total. The van der Waals surface area contributed by atoms with Gasteiger partial charge in [-0.05, 0) is 28.1 Å².